The number of hydrogen-bond acceptors (Lipinski definition) is 4. The summed E-state index contributed by atoms with van der Waals surface area (Å²) in [6, 6.07) is 182. The van der Waals surface area contributed by atoms with Crippen LogP contribution in [-0.4, -0.2) is 0 Å². The van der Waals surface area contributed by atoms with Crippen LogP contribution in [0.15, 0.2) is 504 Å². The molecule has 4 nitrogen and oxygen atoms in total. The van der Waals surface area contributed by atoms with Crippen molar-refractivity contribution in [1.82, 2.24) is 0 Å². The monoisotopic (exact) mass is 1690 g/mol. The highest BCUT2D eigenvalue weighted by Crippen LogP contribution is 2.62. The van der Waals surface area contributed by atoms with Gasteiger partial charge in [-0.1, -0.05) is 448 Å². The second-order valence-corrected chi connectivity index (χ2v) is 36.2. The van der Waals surface area contributed by atoms with Gasteiger partial charge >= 0.3 is 0 Å². The molecule has 0 saturated carbocycles. The van der Waals surface area contributed by atoms with Crippen LogP contribution in [-0.2, 0) is 21.7 Å². The third kappa shape index (κ3) is 15.0. The van der Waals surface area contributed by atoms with E-state index < -0.39 is 5.41 Å². The van der Waals surface area contributed by atoms with Crippen molar-refractivity contribution in [3.8, 4) is 44.5 Å². The van der Waals surface area contributed by atoms with Crippen molar-refractivity contribution in [3.63, 3.8) is 0 Å². The van der Waals surface area contributed by atoms with Crippen molar-refractivity contribution in [3.05, 3.63) is 565 Å². The normalized spacial score (nSPS) is 14.0. The van der Waals surface area contributed by atoms with Crippen LogP contribution >= 0.6 is 0 Å². The van der Waals surface area contributed by atoms with Crippen LogP contribution in [0.3, 0.4) is 0 Å². The average Bonchev–Trinajstić information content (AvgIpc) is 0.709. The summed E-state index contributed by atoms with van der Waals surface area (Å²) in [7, 11) is 0. The molecule has 4 aliphatic rings. The highest BCUT2D eigenvalue weighted by atomic mass is 15.2. The minimum Gasteiger partial charge on any atom is -0.310 e. The third-order valence-electron chi connectivity index (χ3n) is 28.2. The first-order chi connectivity index (χ1) is 64.3. The number of benzene rings is 19. The molecule has 23 rings (SSSR count). The van der Waals surface area contributed by atoms with E-state index in [1.807, 2.05) is 0 Å². The van der Waals surface area contributed by atoms with Gasteiger partial charge in [0.1, 0.15) is 0 Å². The first-order valence-electron chi connectivity index (χ1n) is 46.0. The lowest BCUT2D eigenvalue weighted by molar-refractivity contribution is 0.248. The standard InChI is InChI=1S/C37H27N.C32H25N.C30H29N.C28H25N/c1-4-14-28(15-5-1)29-24-26-32(27-25-29)38-35-22-12-10-20-33(35)37(30-16-6-2-7-17-30,31-18-8-3-9-19-31)34-21-11-13-23-36(34)38;1-32(26-14-6-3-7-15-26)28-16-8-10-18-30(28)33(31-19-11-9-17-29(31)32)27-22-20-25(21-23-27)24-12-4-2-5-13-24;1-29(2,3)30(4)25-14-8-10-16-27(25)31(28-17-11-9-15-26(28)30)24-20-18-23(19-21-24)22-12-6-5-7-13-22;1-3-28(2)24-13-7-9-15-26(24)29(27-16-10-8-14-25(27)28)23-19-17-22(18-20-23)21-11-5-4-6-12-21/h1-27H;2-23H,1H3;5-21H,1-4H3;4-20H,3H2,1-2H3. The zero-order valence-electron chi connectivity index (χ0n) is 75.4. The molecule has 19 aromatic rings. The Morgan fingerprint density at radius 1 is 0.183 bits per heavy atom. The minimum absolute atomic E-state index is 0.0215. The quantitative estimate of drug-likeness (QED) is 0.121. The van der Waals surface area contributed by atoms with Gasteiger partial charge in [-0.05, 0) is 222 Å². The van der Waals surface area contributed by atoms with E-state index in [0.717, 1.165) is 12.1 Å². The Balaban J connectivity index is 0.000000110. The molecule has 0 aromatic heterocycles. The molecule has 0 saturated heterocycles. The van der Waals surface area contributed by atoms with Crippen molar-refractivity contribution in [1.29, 1.82) is 0 Å². The molecule has 4 heterocycles. The van der Waals surface area contributed by atoms with E-state index in [0.29, 0.717) is 0 Å². The van der Waals surface area contributed by atoms with Gasteiger partial charge < -0.3 is 19.6 Å². The molecule has 0 amide bonds. The van der Waals surface area contributed by atoms with Gasteiger partial charge in [0.05, 0.1) is 50.9 Å². The molecule has 634 valence electrons. The van der Waals surface area contributed by atoms with Crippen molar-refractivity contribution < 1.29 is 0 Å². The predicted molar refractivity (Wildman–Crippen MR) is 553 cm³/mol. The van der Waals surface area contributed by atoms with Crippen LogP contribution in [0.4, 0.5) is 68.2 Å². The zero-order valence-corrected chi connectivity index (χ0v) is 75.4. The summed E-state index contributed by atoms with van der Waals surface area (Å²) >= 11 is 0. The number of anilines is 12. The summed E-state index contributed by atoms with van der Waals surface area (Å²) in [5.41, 5.74) is 38.5. The number of hydrogen-bond donors (Lipinski definition) is 0. The van der Waals surface area contributed by atoms with Crippen molar-refractivity contribution in [2.45, 2.75) is 76.5 Å². The highest BCUT2D eigenvalue weighted by Gasteiger charge is 2.50. The van der Waals surface area contributed by atoms with E-state index >= 15 is 0 Å². The summed E-state index contributed by atoms with van der Waals surface area (Å²) in [5, 5.41) is 0. The summed E-state index contributed by atoms with van der Waals surface area (Å²) in [5.74, 6) is 0. The van der Waals surface area contributed by atoms with E-state index in [2.05, 4.69) is 572 Å². The highest BCUT2D eigenvalue weighted by molar-refractivity contribution is 5.93. The molecule has 0 radical (unpaired) electrons. The lowest BCUT2D eigenvalue weighted by Gasteiger charge is -2.50. The van der Waals surface area contributed by atoms with Gasteiger partial charge in [0.2, 0.25) is 0 Å². The molecule has 0 aliphatic carbocycles. The molecule has 131 heavy (non-hydrogen) atoms. The van der Waals surface area contributed by atoms with E-state index in [1.165, 1.54) is 168 Å². The maximum absolute atomic E-state index is 2.42. The summed E-state index contributed by atoms with van der Waals surface area (Å²) < 4.78 is 0. The number of rotatable bonds is 12. The van der Waals surface area contributed by atoms with E-state index in [4.69, 9.17) is 0 Å². The Kier molecular flexibility index (Phi) is 22.7. The van der Waals surface area contributed by atoms with Crippen LogP contribution in [0.5, 0.6) is 0 Å². The van der Waals surface area contributed by atoms with Gasteiger partial charge in [-0.2, -0.15) is 0 Å². The molecule has 19 aromatic carbocycles. The molecular formula is C127H106N4. The first-order valence-corrected chi connectivity index (χ1v) is 46.0. The van der Waals surface area contributed by atoms with E-state index in [9.17, 15) is 0 Å². The second kappa shape index (κ2) is 35.5. The molecule has 0 bridgehead atoms. The molecule has 0 atom stereocenters. The minimum atomic E-state index is -0.434. The largest absolute Gasteiger partial charge is 0.310 e. The van der Waals surface area contributed by atoms with Crippen molar-refractivity contribution in [2.24, 2.45) is 5.41 Å². The Hall–Kier alpha value is -15.6. The fourth-order valence-corrected chi connectivity index (χ4v) is 21.0. The molecule has 0 N–H and O–H groups in total. The van der Waals surface area contributed by atoms with Gasteiger partial charge in [0.25, 0.3) is 0 Å². The summed E-state index contributed by atoms with van der Waals surface area (Å²) in [4.78, 5) is 9.66. The lowest BCUT2D eigenvalue weighted by atomic mass is 9.58. The van der Waals surface area contributed by atoms with Gasteiger partial charge in [-0.3, -0.25) is 0 Å². The molecule has 4 heteroatoms. The first kappa shape index (κ1) is 83.6. The van der Waals surface area contributed by atoms with Crippen LogP contribution in [0.1, 0.15) is 116 Å². The molecule has 4 aliphatic heterocycles. The fourth-order valence-electron chi connectivity index (χ4n) is 21.0. The number of nitrogens with zero attached hydrogens (tertiary/aromatic N) is 4. The Morgan fingerprint density at radius 2 is 0.366 bits per heavy atom. The number of para-hydroxylation sites is 8. The maximum atomic E-state index is 2.42. The number of fused-ring (bicyclic) bond motifs is 8. The third-order valence-corrected chi connectivity index (χ3v) is 28.2. The topological polar surface area (TPSA) is 13.0 Å². The van der Waals surface area contributed by atoms with Crippen LogP contribution in [0.2, 0.25) is 0 Å². The van der Waals surface area contributed by atoms with Crippen LogP contribution < -0.4 is 19.6 Å². The molecule has 0 fully saturated rings. The van der Waals surface area contributed by atoms with Crippen molar-refractivity contribution >= 4 is 68.2 Å². The Bertz CT molecular complexity index is 6940. The van der Waals surface area contributed by atoms with Gasteiger partial charge in [-0.25, -0.2) is 0 Å². The summed E-state index contributed by atoms with van der Waals surface area (Å²) in [6.07, 6.45) is 1.07. The van der Waals surface area contributed by atoms with Gasteiger partial charge in [0.15, 0.2) is 0 Å². The van der Waals surface area contributed by atoms with Crippen LogP contribution in [0.25, 0.3) is 44.5 Å². The van der Waals surface area contributed by atoms with Crippen molar-refractivity contribution in [2.75, 3.05) is 19.6 Å². The van der Waals surface area contributed by atoms with Gasteiger partial charge in [-0.15, -0.1) is 0 Å². The molecular weight excluding hydrogens is 1580 g/mol. The maximum Gasteiger partial charge on any atom is 0.0742 e. The second-order valence-electron chi connectivity index (χ2n) is 36.2. The lowest BCUT2D eigenvalue weighted by Crippen LogP contribution is -2.42. The Labute approximate surface area is 773 Å². The molecule has 0 unspecified atom stereocenters. The fraction of sp³-hybridized carbons (Fsp3) is 0.102. The summed E-state index contributed by atoms with van der Waals surface area (Å²) in [6.45, 7) is 16.5. The van der Waals surface area contributed by atoms with Gasteiger partial charge in [0, 0.05) is 39.0 Å². The Morgan fingerprint density at radius 3 is 0.618 bits per heavy atom. The zero-order chi connectivity index (χ0) is 89.1. The van der Waals surface area contributed by atoms with E-state index in [-0.39, 0.29) is 21.7 Å². The smallest absolute Gasteiger partial charge is 0.0742 e. The predicted octanol–water partition coefficient (Wildman–Crippen LogP) is 34.4. The molecule has 0 spiro atoms. The SMILES string of the molecule is CC(C)(C)C1(C)c2ccccc2N(c2ccc(-c3ccccc3)cc2)c2ccccc21.CC1(c2ccccc2)c2ccccc2N(c2ccc(-c3ccccc3)cc2)c2ccccc21.CCC1(C)c2ccccc2N(c2ccc(-c3ccccc3)cc2)c2ccccc21.c1ccc(-c2ccc(N3c4ccccc4C(c4ccccc4)(c4ccccc4)c4ccccc43)cc2)cc1. The van der Waals surface area contributed by atoms with E-state index in [1.54, 1.807) is 0 Å². The van der Waals surface area contributed by atoms with Crippen LogP contribution in [0, 0.1) is 5.41 Å². The average molecular weight is 1690 g/mol.